The van der Waals surface area contributed by atoms with Crippen molar-refractivity contribution in [3.05, 3.63) is 65.6 Å². The van der Waals surface area contributed by atoms with Gasteiger partial charge in [0.05, 0.1) is 11.3 Å². The quantitative estimate of drug-likeness (QED) is 0.468. The summed E-state index contributed by atoms with van der Waals surface area (Å²) in [6.07, 6.45) is -3.85. The van der Waals surface area contributed by atoms with Crippen LogP contribution in [0.1, 0.15) is 23.9 Å². The maximum atomic E-state index is 13.9. The molecule has 3 aromatic rings. The number of aliphatic hydroxyl groups excluding tert-OH is 1. The van der Waals surface area contributed by atoms with Crippen molar-refractivity contribution < 1.29 is 27.1 Å². The Kier molecular flexibility index (Phi) is 7.88. The Morgan fingerprint density at radius 3 is 2.32 bits per heavy atom. The average molecular weight is 523 g/mol. The zero-order valence-corrected chi connectivity index (χ0v) is 20.4. The first-order chi connectivity index (χ1) is 17.5. The van der Waals surface area contributed by atoms with Gasteiger partial charge in [0.15, 0.2) is 17.5 Å². The number of benzene rings is 1. The molecule has 198 valence electrons. The Morgan fingerprint density at radius 1 is 0.973 bits per heavy atom. The molecule has 37 heavy (non-hydrogen) atoms. The lowest BCUT2D eigenvalue weighted by Crippen LogP contribution is -2.47. The van der Waals surface area contributed by atoms with Crippen molar-refractivity contribution in [2.75, 3.05) is 56.6 Å². The highest BCUT2D eigenvalue weighted by molar-refractivity contribution is 5.63. The van der Waals surface area contributed by atoms with E-state index >= 15 is 0 Å². The summed E-state index contributed by atoms with van der Waals surface area (Å²) in [5.41, 5.74) is -0.183. The number of hydrogen-bond donors (Lipinski definition) is 1. The van der Waals surface area contributed by atoms with Crippen molar-refractivity contribution in [1.29, 1.82) is 0 Å². The molecule has 7 nitrogen and oxygen atoms in total. The van der Waals surface area contributed by atoms with E-state index in [0.717, 1.165) is 18.2 Å². The summed E-state index contributed by atoms with van der Waals surface area (Å²) >= 11 is 0. The van der Waals surface area contributed by atoms with Gasteiger partial charge in [-0.15, -0.1) is 0 Å². The molecule has 1 saturated heterocycles. The van der Waals surface area contributed by atoms with Crippen molar-refractivity contribution in [3.63, 3.8) is 0 Å². The van der Waals surface area contributed by atoms with E-state index in [9.17, 15) is 27.1 Å². The molecule has 1 fully saturated rings. The number of nitrogens with zero attached hydrogens (tertiary/aromatic N) is 6. The van der Waals surface area contributed by atoms with Gasteiger partial charge in [0, 0.05) is 50.6 Å². The third-order valence-corrected chi connectivity index (χ3v) is 6.09. The van der Waals surface area contributed by atoms with Crippen LogP contribution in [-0.2, 0) is 6.18 Å². The molecule has 0 spiro atoms. The van der Waals surface area contributed by atoms with E-state index < -0.39 is 29.5 Å². The Bertz CT molecular complexity index is 1230. The number of anilines is 2. The normalized spacial score (nSPS) is 15.4. The average Bonchev–Trinajstić information content (AvgIpc) is 2.88. The van der Waals surface area contributed by atoms with Gasteiger partial charge >= 0.3 is 6.18 Å². The molecule has 1 aromatic carbocycles. The third kappa shape index (κ3) is 6.31. The topological polar surface area (TPSA) is 68.6 Å². The van der Waals surface area contributed by atoms with Crippen LogP contribution in [0.15, 0.2) is 42.6 Å². The second kappa shape index (κ2) is 10.9. The van der Waals surface area contributed by atoms with Gasteiger partial charge in [-0.3, -0.25) is 0 Å². The van der Waals surface area contributed by atoms with Gasteiger partial charge in [0.2, 0.25) is 0 Å². The standard InChI is InChI=1S/C25H27F5N6O/c1-34(2)9-7-21(37)23-32-20(16-5-6-18(26)19(27)14-16)15-22(33-23)35-10-12-36(13-11-35)24-17(25(28,29)30)4-3-8-31-24/h3-6,8,14-15,21,37H,7,9-13H2,1-2H3. The zero-order chi connectivity index (χ0) is 26.7. The number of pyridine rings is 1. The second-order valence-corrected chi connectivity index (χ2v) is 9.05. The number of rotatable bonds is 7. The molecule has 0 radical (unpaired) electrons. The minimum atomic E-state index is -4.52. The fourth-order valence-corrected chi connectivity index (χ4v) is 4.09. The molecule has 1 N–H and O–H groups in total. The molecule has 1 atom stereocenters. The summed E-state index contributed by atoms with van der Waals surface area (Å²) in [6.45, 7) is 1.73. The first-order valence-electron chi connectivity index (χ1n) is 11.7. The predicted octanol–water partition coefficient (Wildman–Crippen LogP) is 4.15. The molecule has 0 amide bonds. The number of piperazine rings is 1. The Hall–Kier alpha value is -3.38. The van der Waals surface area contributed by atoms with Crippen LogP contribution < -0.4 is 9.80 Å². The summed E-state index contributed by atoms with van der Waals surface area (Å²) in [5.74, 6) is -1.58. The summed E-state index contributed by atoms with van der Waals surface area (Å²) in [6, 6.07) is 7.28. The van der Waals surface area contributed by atoms with Crippen LogP contribution in [0.3, 0.4) is 0 Å². The molecule has 12 heteroatoms. The van der Waals surface area contributed by atoms with Gasteiger partial charge in [-0.1, -0.05) is 0 Å². The van der Waals surface area contributed by atoms with Crippen LogP contribution in [-0.4, -0.2) is 71.8 Å². The van der Waals surface area contributed by atoms with E-state index in [1.165, 1.54) is 18.3 Å². The van der Waals surface area contributed by atoms with E-state index in [0.29, 0.717) is 43.1 Å². The van der Waals surface area contributed by atoms with E-state index in [-0.39, 0.29) is 24.7 Å². The maximum absolute atomic E-state index is 13.9. The number of hydrogen-bond acceptors (Lipinski definition) is 7. The second-order valence-electron chi connectivity index (χ2n) is 9.05. The Balaban J connectivity index is 1.61. The summed E-state index contributed by atoms with van der Waals surface area (Å²) in [7, 11) is 3.73. The monoisotopic (exact) mass is 522 g/mol. The first-order valence-corrected chi connectivity index (χ1v) is 11.7. The molecule has 1 aliphatic rings. The number of aliphatic hydroxyl groups is 1. The molecular formula is C25H27F5N6O. The molecule has 0 aliphatic carbocycles. The highest BCUT2D eigenvalue weighted by atomic mass is 19.4. The smallest absolute Gasteiger partial charge is 0.385 e. The maximum Gasteiger partial charge on any atom is 0.419 e. The fourth-order valence-electron chi connectivity index (χ4n) is 4.09. The lowest BCUT2D eigenvalue weighted by atomic mass is 10.1. The van der Waals surface area contributed by atoms with E-state index in [2.05, 4.69) is 15.0 Å². The first kappa shape index (κ1) is 26.7. The van der Waals surface area contributed by atoms with Gasteiger partial charge < -0.3 is 19.8 Å². The number of halogens is 5. The third-order valence-electron chi connectivity index (χ3n) is 6.09. The molecule has 1 unspecified atom stereocenters. The highest BCUT2D eigenvalue weighted by Crippen LogP contribution is 2.36. The molecule has 0 bridgehead atoms. The van der Waals surface area contributed by atoms with Crippen molar-refractivity contribution in [3.8, 4) is 11.3 Å². The molecule has 2 aromatic heterocycles. The Morgan fingerprint density at radius 2 is 1.68 bits per heavy atom. The fraction of sp³-hybridized carbons (Fsp3) is 0.400. The van der Waals surface area contributed by atoms with Crippen molar-refractivity contribution in [2.45, 2.75) is 18.7 Å². The minimum absolute atomic E-state index is 0.125. The molecule has 3 heterocycles. The lowest BCUT2D eigenvalue weighted by molar-refractivity contribution is -0.137. The Labute approximate surface area is 211 Å². The van der Waals surface area contributed by atoms with Gasteiger partial charge in [-0.25, -0.2) is 23.7 Å². The van der Waals surface area contributed by atoms with Crippen LogP contribution in [0.4, 0.5) is 33.6 Å². The van der Waals surface area contributed by atoms with Crippen LogP contribution in [0.2, 0.25) is 0 Å². The van der Waals surface area contributed by atoms with Gasteiger partial charge in [-0.05, 0) is 50.8 Å². The van der Waals surface area contributed by atoms with Gasteiger partial charge in [-0.2, -0.15) is 13.2 Å². The summed E-state index contributed by atoms with van der Waals surface area (Å²) in [5, 5.41) is 10.7. The largest absolute Gasteiger partial charge is 0.419 e. The number of alkyl halides is 3. The van der Waals surface area contributed by atoms with E-state index in [4.69, 9.17) is 0 Å². The minimum Gasteiger partial charge on any atom is -0.385 e. The molecule has 4 rings (SSSR count). The molecule has 0 saturated carbocycles. The molecular weight excluding hydrogens is 495 g/mol. The van der Waals surface area contributed by atoms with Crippen LogP contribution in [0.25, 0.3) is 11.3 Å². The molecule has 1 aliphatic heterocycles. The van der Waals surface area contributed by atoms with E-state index in [1.807, 2.05) is 23.9 Å². The highest BCUT2D eigenvalue weighted by Gasteiger charge is 2.36. The summed E-state index contributed by atoms with van der Waals surface area (Å²) < 4.78 is 67.8. The number of aromatic nitrogens is 3. The van der Waals surface area contributed by atoms with Crippen LogP contribution in [0.5, 0.6) is 0 Å². The zero-order valence-electron chi connectivity index (χ0n) is 20.4. The van der Waals surface area contributed by atoms with Gasteiger partial charge in [0.25, 0.3) is 0 Å². The van der Waals surface area contributed by atoms with Crippen molar-refractivity contribution >= 4 is 11.6 Å². The van der Waals surface area contributed by atoms with Crippen molar-refractivity contribution in [1.82, 2.24) is 19.9 Å². The predicted molar refractivity (Wildman–Crippen MR) is 129 cm³/mol. The SMILES string of the molecule is CN(C)CCC(O)c1nc(-c2ccc(F)c(F)c2)cc(N2CCN(c3ncccc3C(F)(F)F)CC2)n1. The van der Waals surface area contributed by atoms with Gasteiger partial charge in [0.1, 0.15) is 17.7 Å². The summed E-state index contributed by atoms with van der Waals surface area (Å²) in [4.78, 5) is 18.2. The van der Waals surface area contributed by atoms with Crippen LogP contribution >= 0.6 is 0 Å². The van der Waals surface area contributed by atoms with E-state index in [1.54, 1.807) is 11.0 Å². The van der Waals surface area contributed by atoms with Crippen LogP contribution in [0, 0.1) is 11.6 Å². The van der Waals surface area contributed by atoms with Crippen molar-refractivity contribution in [2.24, 2.45) is 0 Å². The lowest BCUT2D eigenvalue weighted by Gasteiger charge is -2.37.